The van der Waals surface area contributed by atoms with Crippen molar-refractivity contribution in [3.05, 3.63) is 28.9 Å². The predicted molar refractivity (Wildman–Crippen MR) is 67.2 cm³/mol. The molecule has 2 aromatic rings. The Hall–Kier alpha value is -2.01. The molecular weight excluding hydrogens is 256 g/mol. The lowest BCUT2D eigenvalue weighted by molar-refractivity contribution is -0.116. The Bertz CT molecular complexity index is 690. The number of nitrogens with one attached hydrogen (secondary N) is 1. The van der Waals surface area contributed by atoms with Crippen molar-refractivity contribution in [2.75, 3.05) is 5.32 Å². The number of hydrogen-bond acceptors (Lipinski definition) is 2. The summed E-state index contributed by atoms with van der Waals surface area (Å²) in [5.41, 5.74) is 1.44. The molecule has 0 spiro atoms. The molecule has 0 radical (unpaired) electrons. The normalized spacial score (nSPS) is 14.4. The second-order valence-electron chi connectivity index (χ2n) is 4.18. The van der Waals surface area contributed by atoms with Crippen LogP contribution in [0.1, 0.15) is 16.9 Å². The van der Waals surface area contributed by atoms with Crippen molar-refractivity contribution < 1.29 is 14.7 Å². The summed E-state index contributed by atoms with van der Waals surface area (Å²) >= 11 is 5.96. The zero-order chi connectivity index (χ0) is 12.9. The molecule has 18 heavy (non-hydrogen) atoms. The van der Waals surface area contributed by atoms with Gasteiger partial charge in [-0.05, 0) is 18.2 Å². The second-order valence-corrected chi connectivity index (χ2v) is 4.61. The van der Waals surface area contributed by atoms with Crippen LogP contribution < -0.4 is 5.32 Å². The van der Waals surface area contributed by atoms with Crippen molar-refractivity contribution >= 4 is 40.1 Å². The minimum atomic E-state index is -1.01. The molecule has 92 valence electrons. The van der Waals surface area contributed by atoms with Crippen LogP contribution >= 0.6 is 11.6 Å². The molecule has 1 amide bonds. The van der Waals surface area contributed by atoms with E-state index < -0.39 is 5.97 Å². The number of nitrogens with zero attached hydrogens (tertiary/aromatic N) is 1. The smallest absolute Gasteiger partial charge is 0.352 e. The zero-order valence-corrected chi connectivity index (χ0v) is 9.99. The molecule has 2 heterocycles. The van der Waals surface area contributed by atoms with Gasteiger partial charge in [-0.15, -0.1) is 0 Å². The third-order valence-corrected chi connectivity index (χ3v) is 3.23. The van der Waals surface area contributed by atoms with Crippen LogP contribution in [0.4, 0.5) is 5.69 Å². The number of amides is 1. The zero-order valence-electron chi connectivity index (χ0n) is 9.24. The lowest BCUT2D eigenvalue weighted by atomic mass is 10.2. The van der Waals surface area contributed by atoms with Gasteiger partial charge in [0.05, 0.1) is 11.2 Å². The molecular formula is C12H9ClN2O3. The van der Waals surface area contributed by atoms with E-state index in [0.29, 0.717) is 22.8 Å². The Labute approximate surface area is 107 Å². The van der Waals surface area contributed by atoms with E-state index >= 15 is 0 Å². The lowest BCUT2D eigenvalue weighted by Crippen LogP contribution is -2.12. The fourth-order valence-corrected chi connectivity index (χ4v) is 2.53. The van der Waals surface area contributed by atoms with Gasteiger partial charge >= 0.3 is 5.97 Å². The highest BCUT2D eigenvalue weighted by Crippen LogP contribution is 2.33. The number of anilines is 1. The Morgan fingerprint density at radius 3 is 2.89 bits per heavy atom. The first-order valence-electron chi connectivity index (χ1n) is 5.42. The Kier molecular flexibility index (Phi) is 2.31. The summed E-state index contributed by atoms with van der Waals surface area (Å²) in [5, 5.41) is 13.1. The van der Waals surface area contributed by atoms with Crippen molar-refractivity contribution in [1.29, 1.82) is 0 Å². The number of carboxylic acid groups (broad SMARTS) is 1. The Morgan fingerprint density at radius 2 is 2.17 bits per heavy atom. The van der Waals surface area contributed by atoms with Crippen LogP contribution in [-0.4, -0.2) is 21.6 Å². The van der Waals surface area contributed by atoms with Gasteiger partial charge in [-0.1, -0.05) is 11.6 Å². The van der Waals surface area contributed by atoms with E-state index in [1.165, 1.54) is 0 Å². The molecule has 2 N–H and O–H groups in total. The maximum Gasteiger partial charge on any atom is 0.352 e. The molecule has 6 heteroatoms. The van der Waals surface area contributed by atoms with Crippen LogP contribution in [0.3, 0.4) is 0 Å². The molecule has 0 bridgehead atoms. The highest BCUT2D eigenvalue weighted by Gasteiger charge is 2.21. The van der Waals surface area contributed by atoms with E-state index in [4.69, 9.17) is 11.6 Å². The van der Waals surface area contributed by atoms with E-state index in [0.717, 1.165) is 5.39 Å². The first-order valence-corrected chi connectivity index (χ1v) is 5.80. The summed E-state index contributed by atoms with van der Waals surface area (Å²) < 4.78 is 1.64. The first kappa shape index (κ1) is 11.1. The average Bonchev–Trinajstić information content (AvgIpc) is 2.56. The number of carbonyl (C=O) groups is 2. The molecule has 1 aliphatic rings. The van der Waals surface area contributed by atoms with Gasteiger partial charge in [0.1, 0.15) is 5.69 Å². The van der Waals surface area contributed by atoms with Gasteiger partial charge in [0.15, 0.2) is 0 Å². The van der Waals surface area contributed by atoms with E-state index in [-0.39, 0.29) is 18.0 Å². The number of aromatic carboxylic acids is 1. The fraction of sp³-hybridized carbons (Fsp3) is 0.167. The van der Waals surface area contributed by atoms with Gasteiger partial charge in [0.25, 0.3) is 0 Å². The molecule has 1 aromatic carbocycles. The van der Waals surface area contributed by atoms with E-state index in [1.807, 2.05) is 0 Å². The Balaban J connectivity index is 2.39. The molecule has 0 fully saturated rings. The summed E-state index contributed by atoms with van der Waals surface area (Å²) in [7, 11) is 0. The monoisotopic (exact) mass is 264 g/mol. The number of aryl methyl sites for hydroxylation is 1. The van der Waals surface area contributed by atoms with Crippen molar-refractivity contribution in [2.45, 2.75) is 13.0 Å². The first-order chi connectivity index (χ1) is 8.56. The van der Waals surface area contributed by atoms with Gasteiger partial charge in [0.2, 0.25) is 5.91 Å². The summed E-state index contributed by atoms with van der Waals surface area (Å²) in [6, 6.07) is 4.90. The quantitative estimate of drug-likeness (QED) is 0.830. The number of benzene rings is 1. The summed E-state index contributed by atoms with van der Waals surface area (Å²) in [5.74, 6) is -1.15. The van der Waals surface area contributed by atoms with Crippen LogP contribution in [0.2, 0.25) is 5.02 Å². The van der Waals surface area contributed by atoms with Crippen molar-refractivity contribution in [3.63, 3.8) is 0 Å². The highest BCUT2D eigenvalue weighted by atomic mass is 35.5. The standard InChI is InChI=1S/C12H9ClN2O3/c13-7-3-6-4-9(12(17)18)15-2-1-10(16)14-8(5-7)11(6)15/h3-5H,1-2H2,(H,14,16)(H,17,18). The molecule has 0 unspecified atom stereocenters. The van der Waals surface area contributed by atoms with E-state index in [2.05, 4.69) is 5.32 Å². The Morgan fingerprint density at radius 1 is 1.39 bits per heavy atom. The molecule has 0 aliphatic carbocycles. The topological polar surface area (TPSA) is 71.3 Å². The van der Waals surface area contributed by atoms with Crippen LogP contribution in [0, 0.1) is 0 Å². The van der Waals surface area contributed by atoms with Crippen molar-refractivity contribution in [2.24, 2.45) is 0 Å². The summed E-state index contributed by atoms with van der Waals surface area (Å²) in [4.78, 5) is 22.8. The summed E-state index contributed by atoms with van der Waals surface area (Å²) in [6.45, 7) is 0.353. The fourth-order valence-electron chi connectivity index (χ4n) is 2.31. The molecule has 0 saturated heterocycles. The predicted octanol–water partition coefficient (Wildman–Crippen LogP) is 2.34. The van der Waals surface area contributed by atoms with Gasteiger partial charge in [-0.25, -0.2) is 4.79 Å². The second kappa shape index (κ2) is 3.74. The molecule has 3 rings (SSSR count). The van der Waals surface area contributed by atoms with Crippen LogP contribution in [0.15, 0.2) is 18.2 Å². The van der Waals surface area contributed by atoms with Gasteiger partial charge in [-0.3, -0.25) is 4.79 Å². The van der Waals surface area contributed by atoms with Crippen LogP contribution in [0.5, 0.6) is 0 Å². The van der Waals surface area contributed by atoms with Crippen LogP contribution in [-0.2, 0) is 11.3 Å². The maximum absolute atomic E-state index is 11.6. The SMILES string of the molecule is O=C1CCn2c(C(=O)O)cc3cc(Cl)cc(c32)N1. The van der Waals surface area contributed by atoms with Crippen LogP contribution in [0.25, 0.3) is 10.9 Å². The third-order valence-electron chi connectivity index (χ3n) is 3.01. The molecule has 0 saturated carbocycles. The van der Waals surface area contributed by atoms with E-state index in [1.54, 1.807) is 22.8 Å². The summed E-state index contributed by atoms with van der Waals surface area (Å²) in [6.07, 6.45) is 0.246. The average molecular weight is 265 g/mol. The maximum atomic E-state index is 11.6. The molecule has 1 aromatic heterocycles. The van der Waals surface area contributed by atoms with Gasteiger partial charge < -0.3 is 15.0 Å². The number of carboxylic acids is 1. The minimum Gasteiger partial charge on any atom is -0.477 e. The minimum absolute atomic E-state index is 0.140. The number of carbonyl (C=O) groups excluding carboxylic acids is 1. The molecule has 1 aliphatic heterocycles. The van der Waals surface area contributed by atoms with Crippen molar-refractivity contribution in [1.82, 2.24) is 4.57 Å². The number of hydrogen-bond donors (Lipinski definition) is 2. The number of halogens is 1. The highest BCUT2D eigenvalue weighted by molar-refractivity contribution is 6.32. The molecule has 0 atom stereocenters. The van der Waals surface area contributed by atoms with E-state index in [9.17, 15) is 14.7 Å². The van der Waals surface area contributed by atoms with Gasteiger partial charge in [-0.2, -0.15) is 0 Å². The number of aromatic nitrogens is 1. The largest absolute Gasteiger partial charge is 0.477 e. The van der Waals surface area contributed by atoms with Gasteiger partial charge in [0, 0.05) is 23.4 Å². The lowest BCUT2D eigenvalue weighted by Gasteiger charge is -2.06. The molecule has 5 nitrogen and oxygen atoms in total. The van der Waals surface area contributed by atoms with Crippen molar-refractivity contribution in [3.8, 4) is 0 Å². The number of rotatable bonds is 1. The third kappa shape index (κ3) is 1.55.